The Morgan fingerprint density at radius 3 is 2.65 bits per heavy atom. The summed E-state index contributed by atoms with van der Waals surface area (Å²) in [5, 5.41) is 16.1. The summed E-state index contributed by atoms with van der Waals surface area (Å²) in [6.07, 6.45) is 0.933. The molecule has 0 radical (unpaired) electrons. The van der Waals surface area contributed by atoms with E-state index in [0.717, 1.165) is 17.3 Å². The molecule has 1 amide bonds. The third-order valence-electron chi connectivity index (χ3n) is 3.68. The van der Waals surface area contributed by atoms with Crippen molar-refractivity contribution in [3.63, 3.8) is 0 Å². The molecule has 1 aliphatic rings. The molecular weight excluding hydrogens is 360 g/mol. The molecule has 0 aliphatic heterocycles. The van der Waals surface area contributed by atoms with E-state index in [9.17, 15) is 9.90 Å². The van der Waals surface area contributed by atoms with Gasteiger partial charge in [0.15, 0.2) is 0 Å². The topological polar surface area (TPSA) is 70.6 Å². The van der Waals surface area contributed by atoms with Crippen molar-refractivity contribution in [2.24, 2.45) is 0 Å². The van der Waals surface area contributed by atoms with Crippen LogP contribution in [0.5, 0.6) is 0 Å². The number of hydrogen-bond donors (Lipinski definition) is 3. The van der Waals surface area contributed by atoms with Crippen molar-refractivity contribution in [1.82, 2.24) is 10.6 Å². The van der Waals surface area contributed by atoms with Crippen LogP contribution in [0.15, 0.2) is 28.7 Å². The van der Waals surface area contributed by atoms with Gasteiger partial charge in [-0.3, -0.25) is 0 Å². The van der Waals surface area contributed by atoms with Crippen LogP contribution in [0, 0.1) is 0 Å². The summed E-state index contributed by atoms with van der Waals surface area (Å²) < 4.78 is 6.19. The second-order valence-corrected chi connectivity index (χ2v) is 7.93. The molecule has 1 aromatic carbocycles. The molecule has 0 bridgehead atoms. The van der Waals surface area contributed by atoms with Crippen LogP contribution in [0.4, 0.5) is 4.79 Å². The van der Waals surface area contributed by atoms with E-state index >= 15 is 0 Å². The van der Waals surface area contributed by atoms with Gasteiger partial charge in [0.1, 0.15) is 5.60 Å². The fourth-order valence-electron chi connectivity index (χ4n) is 2.38. The van der Waals surface area contributed by atoms with Gasteiger partial charge in [-0.15, -0.1) is 0 Å². The zero-order chi connectivity index (χ0) is 17.1. The first-order valence-electron chi connectivity index (χ1n) is 7.86. The maximum atomic E-state index is 11.6. The monoisotopic (exact) mass is 384 g/mol. The highest BCUT2D eigenvalue weighted by atomic mass is 79.9. The number of benzene rings is 1. The van der Waals surface area contributed by atoms with Crippen LogP contribution in [0.3, 0.4) is 0 Å². The summed E-state index contributed by atoms with van der Waals surface area (Å²) >= 11 is 3.49. The van der Waals surface area contributed by atoms with Crippen molar-refractivity contribution in [3.8, 4) is 0 Å². The molecule has 1 aromatic rings. The lowest BCUT2D eigenvalue weighted by Gasteiger charge is -2.22. The minimum atomic E-state index is -0.660. The fourth-order valence-corrected chi connectivity index (χ4v) is 2.78. The smallest absolute Gasteiger partial charge is 0.407 e. The van der Waals surface area contributed by atoms with Gasteiger partial charge in [-0.05, 0) is 51.3 Å². The third kappa shape index (κ3) is 5.79. The first kappa shape index (κ1) is 18.2. The first-order valence-corrected chi connectivity index (χ1v) is 8.65. The molecule has 23 heavy (non-hydrogen) atoms. The molecule has 0 spiro atoms. The van der Waals surface area contributed by atoms with E-state index in [1.54, 1.807) is 20.8 Å². The molecule has 0 unspecified atom stereocenters. The lowest BCUT2D eigenvalue weighted by molar-refractivity contribution is 0.0490. The number of carbonyl (C=O) groups excluding carboxylic acids is 1. The van der Waals surface area contributed by atoms with Gasteiger partial charge in [-0.1, -0.05) is 28.1 Å². The van der Waals surface area contributed by atoms with Crippen LogP contribution in [0.25, 0.3) is 0 Å². The Hall–Kier alpha value is -1.11. The molecule has 3 N–H and O–H groups in total. The highest BCUT2D eigenvalue weighted by Gasteiger charge is 2.44. The number of alkyl carbamates (subject to hydrolysis) is 1. The maximum Gasteiger partial charge on any atom is 0.407 e. The Bertz CT molecular complexity index is 553. The highest BCUT2D eigenvalue weighted by molar-refractivity contribution is 9.10. The van der Waals surface area contributed by atoms with Crippen LogP contribution in [-0.2, 0) is 10.3 Å². The van der Waals surface area contributed by atoms with Gasteiger partial charge in [0.05, 0.1) is 6.10 Å². The van der Waals surface area contributed by atoms with Crippen molar-refractivity contribution in [3.05, 3.63) is 34.3 Å². The molecule has 1 aliphatic carbocycles. The zero-order valence-electron chi connectivity index (χ0n) is 13.9. The second-order valence-electron chi connectivity index (χ2n) is 7.01. The van der Waals surface area contributed by atoms with Gasteiger partial charge in [-0.2, -0.15) is 0 Å². The van der Waals surface area contributed by atoms with E-state index in [4.69, 9.17) is 4.74 Å². The van der Waals surface area contributed by atoms with Crippen molar-refractivity contribution in [1.29, 1.82) is 0 Å². The van der Waals surface area contributed by atoms with Crippen molar-refractivity contribution < 1.29 is 14.6 Å². The summed E-state index contributed by atoms with van der Waals surface area (Å²) in [6.45, 7) is 6.00. The summed E-state index contributed by atoms with van der Waals surface area (Å²) in [5.41, 5.74) is 0.641. The number of rotatable bonds is 6. The molecule has 6 heteroatoms. The average molecular weight is 385 g/mol. The van der Waals surface area contributed by atoms with Crippen LogP contribution in [0.1, 0.15) is 39.2 Å². The van der Waals surface area contributed by atoms with Crippen LogP contribution in [0.2, 0.25) is 0 Å². The average Bonchev–Trinajstić information content (AvgIpc) is 3.22. The number of nitrogens with one attached hydrogen (secondary N) is 2. The Kier molecular flexibility index (Phi) is 5.70. The standard InChI is InChI=1S/C17H25BrN2O3/c1-16(2,3)23-15(22)19-10-14(21)11-20-17(7-8-17)12-5-4-6-13(18)9-12/h4-6,9,14,20-21H,7-8,10-11H2,1-3H3,(H,19,22)/t14-/m0/s1. The molecule has 0 aromatic heterocycles. The Morgan fingerprint density at radius 1 is 1.39 bits per heavy atom. The molecule has 5 nitrogen and oxygen atoms in total. The van der Waals surface area contributed by atoms with Crippen LogP contribution < -0.4 is 10.6 Å². The van der Waals surface area contributed by atoms with E-state index in [1.165, 1.54) is 5.56 Å². The van der Waals surface area contributed by atoms with E-state index in [0.29, 0.717) is 6.54 Å². The summed E-state index contributed by atoms with van der Waals surface area (Å²) in [5.74, 6) is 0. The van der Waals surface area contributed by atoms with Gasteiger partial charge in [0.25, 0.3) is 0 Å². The van der Waals surface area contributed by atoms with Gasteiger partial charge >= 0.3 is 6.09 Å². The largest absolute Gasteiger partial charge is 0.444 e. The number of halogens is 1. The molecule has 1 fully saturated rings. The Morgan fingerprint density at radius 2 is 2.09 bits per heavy atom. The number of carbonyl (C=O) groups is 1. The third-order valence-corrected chi connectivity index (χ3v) is 4.18. The predicted molar refractivity (Wildman–Crippen MR) is 93.3 cm³/mol. The van der Waals surface area contributed by atoms with Crippen molar-refractivity contribution in [2.75, 3.05) is 13.1 Å². The molecule has 1 saturated carbocycles. The normalized spacial score (nSPS) is 17.4. The number of aliphatic hydroxyl groups is 1. The van der Waals surface area contributed by atoms with Crippen LogP contribution in [-0.4, -0.2) is 36.0 Å². The summed E-state index contributed by atoms with van der Waals surface area (Å²) in [6, 6.07) is 8.21. The Balaban J connectivity index is 1.76. The van der Waals surface area contributed by atoms with Gasteiger partial charge in [0, 0.05) is 23.1 Å². The van der Waals surface area contributed by atoms with Gasteiger partial charge in [-0.25, -0.2) is 4.79 Å². The Labute approximate surface area is 145 Å². The molecule has 2 rings (SSSR count). The van der Waals surface area contributed by atoms with Gasteiger partial charge in [0.2, 0.25) is 0 Å². The fraction of sp³-hybridized carbons (Fsp3) is 0.588. The van der Waals surface area contributed by atoms with Crippen molar-refractivity contribution in [2.45, 2.75) is 50.9 Å². The molecule has 0 saturated heterocycles. The lowest BCUT2D eigenvalue weighted by Crippen LogP contribution is -2.42. The molecule has 0 heterocycles. The SMILES string of the molecule is CC(C)(C)OC(=O)NC[C@H](O)CNC1(c2cccc(Br)c2)CC1. The highest BCUT2D eigenvalue weighted by Crippen LogP contribution is 2.45. The molecule has 128 valence electrons. The molecular formula is C17H25BrN2O3. The van der Waals surface area contributed by atoms with Gasteiger partial charge < -0.3 is 20.5 Å². The minimum absolute atomic E-state index is 0.0450. The van der Waals surface area contributed by atoms with Crippen LogP contribution >= 0.6 is 15.9 Å². The second kappa shape index (κ2) is 7.20. The quantitative estimate of drug-likeness (QED) is 0.704. The number of hydrogen-bond acceptors (Lipinski definition) is 4. The summed E-state index contributed by atoms with van der Waals surface area (Å²) in [4.78, 5) is 11.6. The van der Waals surface area contributed by atoms with E-state index in [2.05, 4.69) is 38.7 Å². The molecule has 1 atom stereocenters. The summed E-state index contributed by atoms with van der Waals surface area (Å²) in [7, 11) is 0. The number of aliphatic hydroxyl groups excluding tert-OH is 1. The van der Waals surface area contributed by atoms with E-state index in [-0.39, 0.29) is 12.1 Å². The maximum absolute atomic E-state index is 11.6. The predicted octanol–water partition coefficient (Wildman–Crippen LogP) is 2.91. The van der Waals surface area contributed by atoms with E-state index in [1.807, 2.05) is 12.1 Å². The lowest BCUT2D eigenvalue weighted by atomic mass is 10.0. The number of amides is 1. The zero-order valence-corrected chi connectivity index (χ0v) is 15.4. The van der Waals surface area contributed by atoms with E-state index < -0.39 is 17.8 Å². The number of ether oxygens (including phenoxy) is 1. The first-order chi connectivity index (χ1) is 10.7. The van der Waals surface area contributed by atoms with Crippen molar-refractivity contribution >= 4 is 22.0 Å². The minimum Gasteiger partial charge on any atom is -0.444 e.